The summed E-state index contributed by atoms with van der Waals surface area (Å²) in [5.41, 5.74) is 2.95. The van der Waals surface area contributed by atoms with E-state index in [0.717, 1.165) is 38.2 Å². The van der Waals surface area contributed by atoms with Gasteiger partial charge in [-0.15, -0.1) is 11.3 Å². The Bertz CT molecular complexity index is 1140. The molecular weight excluding hydrogens is 500 g/mol. The number of likely N-dealkylation sites (tertiary alicyclic amines) is 1. The minimum absolute atomic E-state index is 0.0258. The van der Waals surface area contributed by atoms with Gasteiger partial charge in [-0.1, -0.05) is 39.0 Å². The van der Waals surface area contributed by atoms with E-state index in [9.17, 15) is 4.79 Å². The van der Waals surface area contributed by atoms with E-state index in [-0.39, 0.29) is 28.8 Å². The van der Waals surface area contributed by atoms with Gasteiger partial charge in [-0.3, -0.25) is 9.69 Å². The molecule has 5 rings (SSSR count). The second-order valence-electron chi connectivity index (χ2n) is 12.8. The molecule has 1 amide bonds. The lowest BCUT2D eigenvalue weighted by Crippen LogP contribution is -2.53. The standard InChI is InChI=1S/C29H42N2O4SSi/c1-27(2,3)37(6,7)34-23(21-10-12-22-20(17-21)11-13-26(32)30-22)18-31-15-14-29(25-9-8-16-36-25)24(19-31)33-28(4,5)35-29/h8-10,12,16-17,23-24H,11,13-15,18-19H2,1-7H3,(H,30,32)/t23-,24-,29+/m0/s1. The number of hydrogen-bond donors (Lipinski definition) is 1. The molecule has 202 valence electrons. The van der Waals surface area contributed by atoms with Crippen molar-refractivity contribution >= 4 is 31.2 Å². The first-order valence-electron chi connectivity index (χ1n) is 13.5. The summed E-state index contributed by atoms with van der Waals surface area (Å²) in [5, 5.41) is 5.26. The fraction of sp³-hybridized carbons (Fsp3) is 0.621. The molecule has 0 unspecified atom stereocenters. The number of carbonyl (C=O) groups excluding carboxylic acids is 1. The Morgan fingerprint density at radius 3 is 2.73 bits per heavy atom. The molecule has 6 nitrogen and oxygen atoms in total. The number of amides is 1. The number of aryl methyl sites for hydroxylation is 1. The maximum atomic E-state index is 11.9. The molecule has 3 aliphatic heterocycles. The van der Waals surface area contributed by atoms with Crippen molar-refractivity contribution in [3.63, 3.8) is 0 Å². The van der Waals surface area contributed by atoms with Crippen LogP contribution in [-0.4, -0.2) is 50.6 Å². The molecule has 0 radical (unpaired) electrons. The van der Waals surface area contributed by atoms with Crippen molar-refractivity contribution in [2.75, 3.05) is 25.0 Å². The van der Waals surface area contributed by atoms with E-state index in [1.165, 1.54) is 16.0 Å². The number of piperidine rings is 1. The first-order chi connectivity index (χ1) is 17.3. The zero-order valence-electron chi connectivity index (χ0n) is 23.3. The van der Waals surface area contributed by atoms with Gasteiger partial charge in [0, 0.05) is 36.6 Å². The van der Waals surface area contributed by atoms with Crippen LogP contribution in [0, 0.1) is 0 Å². The third-order valence-corrected chi connectivity index (χ3v) is 14.1. The molecule has 1 aromatic heterocycles. The first kappa shape index (κ1) is 27.0. The highest BCUT2D eigenvalue weighted by Gasteiger charge is 2.57. The van der Waals surface area contributed by atoms with Gasteiger partial charge in [0.1, 0.15) is 11.7 Å². The highest BCUT2D eigenvalue weighted by atomic mass is 32.1. The predicted molar refractivity (Wildman–Crippen MR) is 152 cm³/mol. The van der Waals surface area contributed by atoms with E-state index in [1.54, 1.807) is 11.3 Å². The van der Waals surface area contributed by atoms with Crippen LogP contribution < -0.4 is 5.32 Å². The third kappa shape index (κ3) is 5.34. The number of thiophene rings is 1. The summed E-state index contributed by atoms with van der Waals surface area (Å²) in [7, 11) is -2.04. The number of rotatable bonds is 6. The Labute approximate surface area is 226 Å². The molecule has 2 saturated heterocycles. The van der Waals surface area contributed by atoms with E-state index in [2.05, 4.69) is 79.8 Å². The van der Waals surface area contributed by atoms with Gasteiger partial charge in [0.2, 0.25) is 5.91 Å². The summed E-state index contributed by atoms with van der Waals surface area (Å²) < 4.78 is 20.2. The van der Waals surface area contributed by atoms with Gasteiger partial charge >= 0.3 is 0 Å². The van der Waals surface area contributed by atoms with Crippen LogP contribution in [0.4, 0.5) is 5.69 Å². The van der Waals surface area contributed by atoms with Crippen LogP contribution in [0.3, 0.4) is 0 Å². The van der Waals surface area contributed by atoms with Gasteiger partial charge in [0.05, 0.1) is 6.10 Å². The lowest BCUT2D eigenvalue weighted by atomic mass is 9.86. The third-order valence-electron chi connectivity index (χ3n) is 8.60. The minimum Gasteiger partial charge on any atom is -0.409 e. The van der Waals surface area contributed by atoms with Crippen LogP contribution in [0.2, 0.25) is 18.1 Å². The second kappa shape index (κ2) is 9.57. The first-order valence-corrected chi connectivity index (χ1v) is 17.3. The van der Waals surface area contributed by atoms with Gasteiger partial charge in [0.15, 0.2) is 14.1 Å². The molecule has 2 fully saturated rings. The molecule has 4 heterocycles. The molecule has 2 aromatic rings. The summed E-state index contributed by atoms with van der Waals surface area (Å²) in [5.74, 6) is -0.511. The number of benzene rings is 1. The van der Waals surface area contributed by atoms with Gasteiger partial charge in [-0.2, -0.15) is 0 Å². The van der Waals surface area contributed by atoms with Gasteiger partial charge in [-0.25, -0.2) is 0 Å². The Balaban J connectivity index is 1.41. The van der Waals surface area contributed by atoms with Crippen molar-refractivity contribution in [1.29, 1.82) is 0 Å². The van der Waals surface area contributed by atoms with Crippen LogP contribution in [-0.2, 0) is 30.7 Å². The Morgan fingerprint density at radius 1 is 1.24 bits per heavy atom. The van der Waals surface area contributed by atoms with Crippen LogP contribution in [0.15, 0.2) is 35.7 Å². The fourth-order valence-corrected chi connectivity index (χ4v) is 7.82. The summed E-state index contributed by atoms with van der Waals surface area (Å²) in [6.45, 7) is 18.1. The number of fused-ring (bicyclic) bond motifs is 2. The summed E-state index contributed by atoms with van der Waals surface area (Å²) in [4.78, 5) is 15.7. The smallest absolute Gasteiger partial charge is 0.224 e. The van der Waals surface area contributed by atoms with Crippen molar-refractivity contribution in [3.8, 4) is 0 Å². The van der Waals surface area contributed by atoms with Gasteiger partial charge in [0.25, 0.3) is 0 Å². The quantitative estimate of drug-likeness (QED) is 0.425. The zero-order chi connectivity index (χ0) is 26.6. The Hall–Kier alpha value is -1.55. The zero-order valence-corrected chi connectivity index (χ0v) is 25.2. The van der Waals surface area contributed by atoms with Crippen molar-refractivity contribution in [3.05, 3.63) is 51.7 Å². The predicted octanol–water partition coefficient (Wildman–Crippen LogP) is 6.45. The normalized spacial score (nSPS) is 26.9. The molecular formula is C29H42N2O4SSi. The summed E-state index contributed by atoms with van der Waals surface area (Å²) in [6, 6.07) is 10.7. The van der Waals surface area contributed by atoms with E-state index in [4.69, 9.17) is 13.9 Å². The monoisotopic (exact) mass is 542 g/mol. The van der Waals surface area contributed by atoms with Gasteiger partial charge < -0.3 is 19.2 Å². The number of nitrogens with zero attached hydrogens (tertiary/aromatic N) is 1. The Kier molecular flexibility index (Phi) is 6.99. The molecule has 0 spiro atoms. The van der Waals surface area contributed by atoms with Crippen LogP contribution in [0.1, 0.15) is 69.6 Å². The maximum Gasteiger partial charge on any atom is 0.224 e. The van der Waals surface area contributed by atoms with Crippen LogP contribution >= 0.6 is 11.3 Å². The summed E-state index contributed by atoms with van der Waals surface area (Å²) in [6.07, 6.45) is 2.13. The fourth-order valence-electron chi connectivity index (χ4n) is 5.61. The topological polar surface area (TPSA) is 60.0 Å². The van der Waals surface area contributed by atoms with E-state index in [0.29, 0.717) is 6.42 Å². The van der Waals surface area contributed by atoms with Crippen molar-refractivity contribution in [1.82, 2.24) is 4.90 Å². The highest BCUT2D eigenvalue weighted by molar-refractivity contribution is 7.10. The van der Waals surface area contributed by atoms with Crippen LogP contribution in [0.5, 0.6) is 0 Å². The van der Waals surface area contributed by atoms with Crippen molar-refractivity contribution in [2.24, 2.45) is 0 Å². The summed E-state index contributed by atoms with van der Waals surface area (Å²) >= 11 is 1.76. The molecule has 0 aliphatic carbocycles. The van der Waals surface area contributed by atoms with E-state index in [1.807, 2.05) is 13.8 Å². The molecule has 1 N–H and O–H groups in total. The molecule has 8 heteroatoms. The largest absolute Gasteiger partial charge is 0.409 e. The van der Waals surface area contributed by atoms with E-state index >= 15 is 0 Å². The lowest BCUT2D eigenvalue weighted by molar-refractivity contribution is -0.164. The number of hydrogen-bond acceptors (Lipinski definition) is 6. The minimum atomic E-state index is -2.04. The molecule has 3 atom stereocenters. The Morgan fingerprint density at radius 2 is 2.03 bits per heavy atom. The van der Waals surface area contributed by atoms with E-state index < -0.39 is 14.1 Å². The number of nitrogens with one attached hydrogen (secondary N) is 1. The van der Waals surface area contributed by atoms with Crippen molar-refractivity contribution < 1.29 is 18.7 Å². The SMILES string of the molecule is CC1(C)O[C@H]2CN(C[C@H](O[Si](C)(C)C(C)(C)C)c3ccc4c(c3)CCC(=O)N4)CC[C@@]2(c2cccs2)O1. The average Bonchev–Trinajstić information content (AvgIpc) is 3.43. The molecule has 37 heavy (non-hydrogen) atoms. The lowest BCUT2D eigenvalue weighted by Gasteiger charge is -2.44. The molecule has 0 saturated carbocycles. The maximum absolute atomic E-state index is 11.9. The molecule has 0 bridgehead atoms. The second-order valence-corrected chi connectivity index (χ2v) is 18.5. The van der Waals surface area contributed by atoms with Crippen LogP contribution in [0.25, 0.3) is 0 Å². The van der Waals surface area contributed by atoms with Gasteiger partial charge in [-0.05, 0) is 73.5 Å². The number of ether oxygens (including phenoxy) is 2. The molecule has 3 aliphatic rings. The number of anilines is 1. The number of carbonyl (C=O) groups is 1. The van der Waals surface area contributed by atoms with Crippen molar-refractivity contribution in [2.45, 2.75) is 95.6 Å². The highest BCUT2D eigenvalue weighted by Crippen LogP contribution is 2.50. The average molecular weight is 543 g/mol. The molecule has 1 aromatic carbocycles.